The largest absolute Gasteiger partial charge is 0.573 e. The number of aromatic nitrogens is 2. The molecular weight excluding hydrogens is 351 g/mol. The van der Waals surface area contributed by atoms with Gasteiger partial charge in [-0.15, -0.1) is 13.2 Å². The minimum atomic E-state index is -4.75. The van der Waals surface area contributed by atoms with Crippen LogP contribution in [0.2, 0.25) is 0 Å². The number of nitrogens with one attached hydrogen (secondary N) is 1. The van der Waals surface area contributed by atoms with Gasteiger partial charge in [0.15, 0.2) is 5.75 Å². The molecule has 1 heterocycles. The summed E-state index contributed by atoms with van der Waals surface area (Å²) in [6.07, 6.45) is -4.15. The molecule has 0 amide bonds. The van der Waals surface area contributed by atoms with E-state index in [9.17, 15) is 13.2 Å². The topological polar surface area (TPSA) is 47.0 Å². The molecular formula is C13H11BrF3N3O. The van der Waals surface area contributed by atoms with Gasteiger partial charge in [0.05, 0.1) is 5.69 Å². The van der Waals surface area contributed by atoms with Crippen molar-refractivity contribution in [1.82, 2.24) is 9.97 Å². The van der Waals surface area contributed by atoms with E-state index in [4.69, 9.17) is 0 Å². The molecule has 0 aliphatic rings. The summed E-state index contributed by atoms with van der Waals surface area (Å²) in [6, 6.07) is 7.33. The zero-order chi connectivity index (χ0) is 15.5. The number of benzene rings is 1. The molecule has 1 aromatic heterocycles. The van der Waals surface area contributed by atoms with E-state index < -0.39 is 6.36 Å². The number of alkyl halides is 3. The first kappa shape index (κ1) is 15.6. The van der Waals surface area contributed by atoms with Crippen molar-refractivity contribution in [3.05, 3.63) is 40.8 Å². The molecule has 1 aromatic carbocycles. The number of ether oxygens (including phenoxy) is 1. The Morgan fingerprint density at radius 2 is 1.95 bits per heavy atom. The highest BCUT2D eigenvalue weighted by molar-refractivity contribution is 9.10. The van der Waals surface area contributed by atoms with Gasteiger partial charge in [0, 0.05) is 12.5 Å². The van der Waals surface area contributed by atoms with Crippen LogP contribution in [0, 0.1) is 0 Å². The van der Waals surface area contributed by atoms with E-state index in [1.165, 1.54) is 18.2 Å². The lowest BCUT2D eigenvalue weighted by atomic mass is 10.3. The molecule has 0 spiro atoms. The minimum Gasteiger partial charge on any atom is -0.404 e. The van der Waals surface area contributed by atoms with Gasteiger partial charge in [0.25, 0.3) is 0 Å². The molecule has 0 fully saturated rings. The third-order valence-corrected chi connectivity index (χ3v) is 2.84. The quantitative estimate of drug-likeness (QED) is 0.817. The normalized spacial score (nSPS) is 11.3. The van der Waals surface area contributed by atoms with Crippen molar-refractivity contribution >= 4 is 27.4 Å². The Kier molecular flexibility index (Phi) is 4.66. The zero-order valence-electron chi connectivity index (χ0n) is 10.9. The number of aryl methyl sites for hydroxylation is 1. The molecule has 2 aromatic rings. The molecule has 21 heavy (non-hydrogen) atoms. The van der Waals surface area contributed by atoms with Crippen molar-refractivity contribution in [3.63, 3.8) is 0 Å². The number of nitrogens with zero attached hydrogens (tertiary/aromatic N) is 2. The molecule has 0 bridgehead atoms. The predicted molar refractivity (Wildman–Crippen MR) is 75.5 cm³/mol. The number of halogens is 4. The average molecular weight is 362 g/mol. The second kappa shape index (κ2) is 6.30. The van der Waals surface area contributed by atoms with Gasteiger partial charge in [-0.3, -0.25) is 0 Å². The van der Waals surface area contributed by atoms with Crippen molar-refractivity contribution < 1.29 is 17.9 Å². The first-order chi connectivity index (χ1) is 9.87. The van der Waals surface area contributed by atoms with Crippen molar-refractivity contribution in [1.29, 1.82) is 0 Å². The molecule has 0 aliphatic heterocycles. The fraction of sp³-hybridized carbons (Fsp3) is 0.231. The van der Waals surface area contributed by atoms with E-state index in [1.807, 2.05) is 6.92 Å². The number of hydrogen-bond donors (Lipinski definition) is 1. The van der Waals surface area contributed by atoms with Crippen molar-refractivity contribution in [2.24, 2.45) is 0 Å². The summed E-state index contributed by atoms with van der Waals surface area (Å²) in [5, 5.41) is 2.80. The van der Waals surface area contributed by atoms with E-state index in [-0.39, 0.29) is 11.4 Å². The standard InChI is InChI=1S/C13H11BrF3N3O/c1-2-11-19-10(14)7-12(20-11)18-8-5-3-4-6-9(8)21-13(15,16)17/h3-7H,2H2,1H3,(H,18,19,20). The van der Waals surface area contributed by atoms with Gasteiger partial charge in [-0.05, 0) is 28.1 Å². The van der Waals surface area contributed by atoms with E-state index in [2.05, 4.69) is 36.0 Å². The van der Waals surface area contributed by atoms with Crippen LogP contribution in [0.25, 0.3) is 0 Å². The lowest BCUT2D eigenvalue weighted by molar-refractivity contribution is -0.274. The second-order valence-corrected chi connectivity index (χ2v) is 4.83. The summed E-state index contributed by atoms with van der Waals surface area (Å²) in [5.41, 5.74) is 0.169. The van der Waals surface area contributed by atoms with Gasteiger partial charge >= 0.3 is 6.36 Å². The SMILES string of the molecule is CCc1nc(Br)cc(Nc2ccccc2OC(F)(F)F)n1. The van der Waals surface area contributed by atoms with Gasteiger partial charge in [0.1, 0.15) is 16.2 Å². The zero-order valence-corrected chi connectivity index (χ0v) is 12.5. The first-order valence-electron chi connectivity index (χ1n) is 6.02. The molecule has 0 saturated heterocycles. The second-order valence-electron chi connectivity index (χ2n) is 4.01. The highest BCUT2D eigenvalue weighted by Gasteiger charge is 2.32. The van der Waals surface area contributed by atoms with Gasteiger partial charge in [-0.2, -0.15) is 0 Å². The molecule has 4 nitrogen and oxygen atoms in total. The van der Waals surface area contributed by atoms with Crippen molar-refractivity contribution in [3.8, 4) is 5.75 Å². The summed E-state index contributed by atoms with van der Waals surface area (Å²) in [7, 11) is 0. The summed E-state index contributed by atoms with van der Waals surface area (Å²) in [4.78, 5) is 8.33. The van der Waals surface area contributed by atoms with E-state index in [1.54, 1.807) is 12.1 Å². The Bertz CT molecular complexity index is 634. The van der Waals surface area contributed by atoms with Crippen molar-refractivity contribution in [2.45, 2.75) is 19.7 Å². The maximum atomic E-state index is 12.4. The highest BCUT2D eigenvalue weighted by Crippen LogP contribution is 2.31. The molecule has 0 aliphatic carbocycles. The average Bonchev–Trinajstić information content (AvgIpc) is 2.38. The number of hydrogen-bond acceptors (Lipinski definition) is 4. The lowest BCUT2D eigenvalue weighted by Gasteiger charge is -2.14. The van der Waals surface area contributed by atoms with Crippen molar-refractivity contribution in [2.75, 3.05) is 5.32 Å². The third-order valence-electron chi connectivity index (χ3n) is 2.43. The number of anilines is 2. The lowest BCUT2D eigenvalue weighted by Crippen LogP contribution is -2.18. The maximum absolute atomic E-state index is 12.4. The van der Waals surface area contributed by atoms with Gasteiger partial charge in [-0.1, -0.05) is 19.1 Å². The Hall–Kier alpha value is -1.83. The monoisotopic (exact) mass is 361 g/mol. The highest BCUT2D eigenvalue weighted by atomic mass is 79.9. The van der Waals surface area contributed by atoms with Gasteiger partial charge in [0.2, 0.25) is 0 Å². The smallest absolute Gasteiger partial charge is 0.404 e. The fourth-order valence-corrected chi connectivity index (χ4v) is 2.03. The maximum Gasteiger partial charge on any atom is 0.573 e. The van der Waals surface area contributed by atoms with Crippen LogP contribution in [0.1, 0.15) is 12.7 Å². The molecule has 0 saturated carbocycles. The first-order valence-corrected chi connectivity index (χ1v) is 6.82. The molecule has 8 heteroatoms. The van der Waals surface area contributed by atoms with Crippen LogP contribution in [0.5, 0.6) is 5.75 Å². The number of para-hydroxylation sites is 2. The minimum absolute atomic E-state index is 0.169. The van der Waals surface area contributed by atoms with Gasteiger partial charge < -0.3 is 10.1 Å². The Labute approximate surface area is 127 Å². The van der Waals surface area contributed by atoms with Crippen LogP contribution >= 0.6 is 15.9 Å². The summed E-state index contributed by atoms with van der Waals surface area (Å²) in [6.45, 7) is 1.88. The Balaban J connectivity index is 2.29. The number of rotatable bonds is 4. The fourth-order valence-electron chi connectivity index (χ4n) is 1.61. The molecule has 0 radical (unpaired) electrons. The van der Waals surface area contributed by atoms with Crippen LogP contribution in [-0.4, -0.2) is 16.3 Å². The van der Waals surface area contributed by atoms with Crippen LogP contribution in [0.15, 0.2) is 34.9 Å². The van der Waals surface area contributed by atoms with Crippen LogP contribution in [-0.2, 0) is 6.42 Å². The van der Waals surface area contributed by atoms with E-state index in [0.29, 0.717) is 22.7 Å². The summed E-state index contributed by atoms with van der Waals surface area (Å²) in [5.74, 6) is 0.630. The van der Waals surface area contributed by atoms with E-state index >= 15 is 0 Å². The molecule has 0 atom stereocenters. The summed E-state index contributed by atoms with van der Waals surface area (Å²) >= 11 is 3.23. The Morgan fingerprint density at radius 1 is 1.24 bits per heavy atom. The third kappa shape index (κ3) is 4.59. The van der Waals surface area contributed by atoms with Gasteiger partial charge in [-0.25, -0.2) is 9.97 Å². The predicted octanol–water partition coefficient (Wildman–Crippen LogP) is 4.44. The van der Waals surface area contributed by atoms with Crippen LogP contribution in [0.3, 0.4) is 0 Å². The van der Waals surface area contributed by atoms with Crippen LogP contribution in [0.4, 0.5) is 24.7 Å². The molecule has 1 N–H and O–H groups in total. The Morgan fingerprint density at radius 3 is 2.62 bits per heavy atom. The molecule has 0 unspecified atom stereocenters. The molecule has 2 rings (SSSR count). The summed E-state index contributed by atoms with van der Waals surface area (Å²) < 4.78 is 41.6. The van der Waals surface area contributed by atoms with E-state index in [0.717, 1.165) is 0 Å². The molecule has 112 valence electrons. The van der Waals surface area contributed by atoms with Crippen LogP contribution < -0.4 is 10.1 Å².